The van der Waals surface area contributed by atoms with Crippen molar-refractivity contribution in [2.75, 3.05) is 31.5 Å². The van der Waals surface area contributed by atoms with E-state index in [-0.39, 0.29) is 0 Å². The molecule has 2 heterocycles. The van der Waals surface area contributed by atoms with Crippen LogP contribution in [0.15, 0.2) is 23.7 Å². The summed E-state index contributed by atoms with van der Waals surface area (Å²) >= 11 is 1.76. The van der Waals surface area contributed by atoms with Crippen LogP contribution in [-0.4, -0.2) is 36.1 Å². The average Bonchev–Trinajstić information content (AvgIpc) is 2.88. The maximum atomic E-state index is 4.42. The molecule has 0 aromatic carbocycles. The Hall–Kier alpha value is -1.13. The third-order valence-corrected chi connectivity index (χ3v) is 4.10. The molecule has 2 aromatic heterocycles. The van der Waals surface area contributed by atoms with E-state index in [0.29, 0.717) is 0 Å². The minimum atomic E-state index is 0.985. The molecule has 0 saturated carbocycles. The number of fused-ring (bicyclic) bond motifs is 1. The molecule has 0 aliphatic carbocycles. The summed E-state index contributed by atoms with van der Waals surface area (Å²) in [5.74, 6) is 1.02. The summed E-state index contributed by atoms with van der Waals surface area (Å²) < 4.78 is 1.30. The van der Waals surface area contributed by atoms with Gasteiger partial charge in [0, 0.05) is 22.8 Å². The molecular weight excluding hydrogens is 242 g/mol. The van der Waals surface area contributed by atoms with E-state index < -0.39 is 0 Å². The Morgan fingerprint density at radius 2 is 2.11 bits per heavy atom. The summed E-state index contributed by atoms with van der Waals surface area (Å²) in [4.78, 5) is 6.86. The smallest absolute Gasteiger partial charge is 0.134 e. The number of rotatable bonds is 7. The lowest BCUT2D eigenvalue weighted by atomic mass is 10.3. The van der Waals surface area contributed by atoms with Gasteiger partial charge in [0.1, 0.15) is 5.82 Å². The van der Waals surface area contributed by atoms with Crippen LogP contribution in [0.25, 0.3) is 10.1 Å². The van der Waals surface area contributed by atoms with Gasteiger partial charge in [-0.25, -0.2) is 4.98 Å². The number of nitrogens with zero attached hydrogens (tertiary/aromatic N) is 2. The minimum absolute atomic E-state index is 0.985. The van der Waals surface area contributed by atoms with Crippen LogP contribution in [0.4, 0.5) is 5.82 Å². The number of thiophene rings is 1. The quantitative estimate of drug-likeness (QED) is 0.776. The van der Waals surface area contributed by atoms with Crippen LogP contribution in [0, 0.1) is 0 Å². The third-order valence-electron chi connectivity index (χ3n) is 3.22. The van der Waals surface area contributed by atoms with Crippen molar-refractivity contribution >= 4 is 27.2 Å². The van der Waals surface area contributed by atoms with Crippen LogP contribution >= 0.6 is 11.3 Å². The molecule has 3 nitrogen and oxygen atoms in total. The Labute approximate surface area is 113 Å². The molecule has 0 spiro atoms. The number of nitrogens with one attached hydrogen (secondary N) is 1. The first-order valence-electron chi connectivity index (χ1n) is 6.63. The lowest BCUT2D eigenvalue weighted by Crippen LogP contribution is -2.25. The maximum Gasteiger partial charge on any atom is 0.134 e. The SMILES string of the molecule is CCN(CC)CCCNc1nccc2sccc12. The van der Waals surface area contributed by atoms with Crippen LogP contribution in [-0.2, 0) is 0 Å². The van der Waals surface area contributed by atoms with E-state index in [1.54, 1.807) is 11.3 Å². The van der Waals surface area contributed by atoms with E-state index in [9.17, 15) is 0 Å². The van der Waals surface area contributed by atoms with Crippen molar-refractivity contribution in [3.05, 3.63) is 23.7 Å². The zero-order valence-corrected chi connectivity index (χ0v) is 12.0. The summed E-state index contributed by atoms with van der Waals surface area (Å²) in [6.07, 6.45) is 3.04. The molecule has 0 fully saturated rings. The molecule has 0 bridgehead atoms. The second kappa shape index (κ2) is 6.71. The van der Waals surface area contributed by atoms with E-state index in [1.165, 1.54) is 10.1 Å². The number of pyridine rings is 1. The van der Waals surface area contributed by atoms with Crippen molar-refractivity contribution in [2.24, 2.45) is 0 Å². The highest BCUT2D eigenvalue weighted by Crippen LogP contribution is 2.25. The minimum Gasteiger partial charge on any atom is -0.369 e. The molecule has 2 rings (SSSR count). The van der Waals surface area contributed by atoms with Crippen LogP contribution < -0.4 is 5.32 Å². The standard InChI is InChI=1S/C14H21N3S/c1-3-17(4-2)10-5-8-15-14-12-7-11-18-13(12)6-9-16-14/h6-7,9,11H,3-5,8,10H2,1-2H3,(H,15,16). The zero-order valence-electron chi connectivity index (χ0n) is 11.1. The molecule has 0 amide bonds. The molecule has 98 valence electrons. The van der Waals surface area contributed by atoms with Crippen molar-refractivity contribution in [1.82, 2.24) is 9.88 Å². The molecular formula is C14H21N3S. The molecule has 0 unspecified atom stereocenters. The topological polar surface area (TPSA) is 28.2 Å². The molecule has 0 aliphatic rings. The fourth-order valence-corrected chi connectivity index (χ4v) is 2.87. The van der Waals surface area contributed by atoms with Crippen molar-refractivity contribution in [1.29, 1.82) is 0 Å². The van der Waals surface area contributed by atoms with E-state index in [1.807, 2.05) is 6.20 Å². The van der Waals surface area contributed by atoms with E-state index >= 15 is 0 Å². The number of hydrogen-bond donors (Lipinski definition) is 1. The van der Waals surface area contributed by atoms with Gasteiger partial charge in [-0.05, 0) is 43.6 Å². The number of anilines is 1. The van der Waals surface area contributed by atoms with Gasteiger partial charge in [0.05, 0.1) is 0 Å². The lowest BCUT2D eigenvalue weighted by molar-refractivity contribution is 0.303. The molecule has 0 atom stereocenters. The Bertz CT molecular complexity index is 477. The monoisotopic (exact) mass is 263 g/mol. The van der Waals surface area contributed by atoms with Crippen molar-refractivity contribution in [3.8, 4) is 0 Å². The van der Waals surface area contributed by atoms with Gasteiger partial charge in [-0.2, -0.15) is 0 Å². The normalized spacial score (nSPS) is 11.3. The van der Waals surface area contributed by atoms with Gasteiger partial charge in [-0.3, -0.25) is 0 Å². The Balaban J connectivity index is 1.85. The van der Waals surface area contributed by atoms with E-state index in [4.69, 9.17) is 0 Å². The number of aromatic nitrogens is 1. The maximum absolute atomic E-state index is 4.42. The van der Waals surface area contributed by atoms with Gasteiger partial charge in [-0.15, -0.1) is 11.3 Å². The van der Waals surface area contributed by atoms with E-state index in [0.717, 1.165) is 38.4 Å². The summed E-state index contributed by atoms with van der Waals surface area (Å²) in [5, 5.41) is 6.81. The van der Waals surface area contributed by atoms with Crippen molar-refractivity contribution < 1.29 is 0 Å². The van der Waals surface area contributed by atoms with Gasteiger partial charge in [0.2, 0.25) is 0 Å². The van der Waals surface area contributed by atoms with Crippen LogP contribution in [0.5, 0.6) is 0 Å². The molecule has 0 aliphatic heterocycles. The fraction of sp³-hybridized carbons (Fsp3) is 0.500. The van der Waals surface area contributed by atoms with E-state index in [2.05, 4.69) is 46.6 Å². The second-order valence-electron chi connectivity index (χ2n) is 4.30. The van der Waals surface area contributed by atoms with Crippen molar-refractivity contribution in [2.45, 2.75) is 20.3 Å². The Morgan fingerprint density at radius 1 is 1.28 bits per heavy atom. The highest BCUT2D eigenvalue weighted by Gasteiger charge is 2.03. The van der Waals surface area contributed by atoms with Crippen molar-refractivity contribution in [3.63, 3.8) is 0 Å². The Morgan fingerprint density at radius 3 is 2.89 bits per heavy atom. The first-order valence-corrected chi connectivity index (χ1v) is 7.51. The lowest BCUT2D eigenvalue weighted by Gasteiger charge is -2.17. The molecule has 18 heavy (non-hydrogen) atoms. The molecule has 2 aromatic rings. The summed E-state index contributed by atoms with van der Waals surface area (Å²) in [6, 6.07) is 4.21. The predicted octanol–water partition coefficient (Wildman–Crippen LogP) is 3.44. The zero-order chi connectivity index (χ0) is 12.8. The Kier molecular flexibility index (Phi) is 4.96. The van der Waals surface area contributed by atoms with Gasteiger partial charge in [-0.1, -0.05) is 13.8 Å². The van der Waals surface area contributed by atoms with Gasteiger partial charge in [0.15, 0.2) is 0 Å². The van der Waals surface area contributed by atoms with Gasteiger partial charge in [0.25, 0.3) is 0 Å². The second-order valence-corrected chi connectivity index (χ2v) is 5.25. The summed E-state index contributed by atoms with van der Waals surface area (Å²) in [7, 11) is 0. The molecule has 4 heteroatoms. The first kappa shape index (κ1) is 13.3. The van der Waals surface area contributed by atoms with Crippen LogP contribution in [0.1, 0.15) is 20.3 Å². The molecule has 1 N–H and O–H groups in total. The largest absolute Gasteiger partial charge is 0.369 e. The van der Waals surface area contributed by atoms with Gasteiger partial charge >= 0.3 is 0 Å². The molecule has 0 radical (unpaired) electrons. The van der Waals surface area contributed by atoms with Crippen LogP contribution in [0.3, 0.4) is 0 Å². The van der Waals surface area contributed by atoms with Gasteiger partial charge < -0.3 is 10.2 Å². The highest BCUT2D eigenvalue weighted by atomic mass is 32.1. The predicted molar refractivity (Wildman–Crippen MR) is 80.5 cm³/mol. The average molecular weight is 263 g/mol. The number of hydrogen-bond acceptors (Lipinski definition) is 4. The molecule has 0 saturated heterocycles. The summed E-state index contributed by atoms with van der Waals surface area (Å²) in [6.45, 7) is 8.83. The third kappa shape index (κ3) is 3.21. The fourth-order valence-electron chi connectivity index (χ4n) is 2.08. The highest BCUT2D eigenvalue weighted by molar-refractivity contribution is 7.17. The first-order chi connectivity index (χ1) is 8.85. The van der Waals surface area contributed by atoms with Crippen LogP contribution in [0.2, 0.25) is 0 Å². The summed E-state index contributed by atoms with van der Waals surface area (Å²) in [5.41, 5.74) is 0.